The van der Waals surface area contributed by atoms with Gasteiger partial charge in [0.05, 0.1) is 0 Å². The van der Waals surface area contributed by atoms with E-state index in [1.165, 1.54) is 27.8 Å². The molecule has 1 aromatic heterocycles. The van der Waals surface area contributed by atoms with Gasteiger partial charge in [-0.25, -0.2) is 8.42 Å². The van der Waals surface area contributed by atoms with Crippen molar-refractivity contribution < 1.29 is 26.7 Å². The first kappa shape index (κ1) is 25.7. The second kappa shape index (κ2) is 9.57. The first-order valence-corrected chi connectivity index (χ1v) is 13.5. The predicted molar refractivity (Wildman–Crippen MR) is 131 cm³/mol. The number of nitrogens with zero attached hydrogens (tertiary/aromatic N) is 2. The van der Waals surface area contributed by atoms with Crippen molar-refractivity contribution >= 4 is 27.0 Å². The molecule has 1 unspecified atom stereocenters. The third-order valence-corrected chi connectivity index (χ3v) is 9.64. The number of alkyl halides is 3. The van der Waals surface area contributed by atoms with Crippen LogP contribution >= 0.6 is 11.3 Å². The van der Waals surface area contributed by atoms with Crippen molar-refractivity contribution in [3.8, 4) is 0 Å². The third-order valence-electron chi connectivity index (χ3n) is 6.40. The first-order valence-electron chi connectivity index (χ1n) is 11.1. The molecule has 1 N–H and O–H groups in total. The van der Waals surface area contributed by atoms with Crippen LogP contribution in [0.2, 0.25) is 0 Å². The summed E-state index contributed by atoms with van der Waals surface area (Å²) in [7, 11) is -3.63. The van der Waals surface area contributed by atoms with Gasteiger partial charge in [-0.2, -0.15) is 17.5 Å². The van der Waals surface area contributed by atoms with Gasteiger partial charge in [0, 0.05) is 31.4 Å². The van der Waals surface area contributed by atoms with E-state index in [2.05, 4.69) is 6.07 Å². The van der Waals surface area contributed by atoms with Crippen LogP contribution in [0.4, 0.5) is 18.9 Å². The molecule has 0 bridgehead atoms. The molecule has 188 valence electrons. The quantitative estimate of drug-likeness (QED) is 0.496. The fourth-order valence-corrected chi connectivity index (χ4v) is 6.96. The summed E-state index contributed by atoms with van der Waals surface area (Å²) in [6.45, 7) is 3.61. The highest BCUT2D eigenvalue weighted by Crippen LogP contribution is 2.39. The molecule has 0 amide bonds. The molecule has 2 atom stereocenters. The minimum absolute atomic E-state index is 0.228. The molecule has 1 saturated heterocycles. The lowest BCUT2D eigenvalue weighted by atomic mass is 9.94. The van der Waals surface area contributed by atoms with Crippen molar-refractivity contribution in [1.82, 2.24) is 4.31 Å². The normalized spacial score (nSPS) is 19.5. The summed E-state index contributed by atoms with van der Waals surface area (Å²) in [6, 6.07) is 16.7. The molecule has 2 aromatic carbocycles. The number of halogens is 3. The van der Waals surface area contributed by atoms with E-state index in [-0.39, 0.29) is 24.7 Å². The summed E-state index contributed by atoms with van der Waals surface area (Å²) in [4.78, 5) is 2.04. The maximum Gasteiger partial charge on any atom is 0.421 e. The monoisotopic (exact) mass is 524 g/mol. The Morgan fingerprint density at radius 3 is 2.37 bits per heavy atom. The number of benzene rings is 2. The molecule has 0 spiro atoms. The summed E-state index contributed by atoms with van der Waals surface area (Å²) in [5.41, 5.74) is -0.390. The zero-order chi connectivity index (χ0) is 25.4. The van der Waals surface area contributed by atoms with Gasteiger partial charge in [-0.15, -0.1) is 11.3 Å². The Labute approximate surface area is 207 Å². The minimum Gasteiger partial charge on any atom is -0.376 e. The maximum atomic E-state index is 13.3. The Morgan fingerprint density at radius 2 is 1.77 bits per heavy atom. The molecular weight excluding hydrogens is 497 g/mol. The van der Waals surface area contributed by atoms with Crippen LogP contribution in [-0.4, -0.2) is 49.7 Å². The predicted octanol–water partition coefficient (Wildman–Crippen LogP) is 4.95. The van der Waals surface area contributed by atoms with E-state index >= 15 is 0 Å². The van der Waals surface area contributed by atoms with E-state index in [4.69, 9.17) is 0 Å². The topological polar surface area (TPSA) is 60.9 Å². The summed E-state index contributed by atoms with van der Waals surface area (Å²) >= 11 is 1.17. The van der Waals surface area contributed by atoms with Crippen molar-refractivity contribution in [2.75, 3.05) is 24.5 Å². The Hall–Kier alpha value is -2.40. The number of piperazine rings is 1. The van der Waals surface area contributed by atoms with Crippen LogP contribution in [0.5, 0.6) is 0 Å². The second-order valence-corrected chi connectivity index (χ2v) is 12.1. The largest absolute Gasteiger partial charge is 0.421 e. The highest BCUT2D eigenvalue weighted by atomic mass is 32.2. The number of aliphatic hydroxyl groups is 1. The molecule has 5 nitrogen and oxygen atoms in total. The van der Waals surface area contributed by atoms with E-state index in [0.717, 1.165) is 18.1 Å². The van der Waals surface area contributed by atoms with Gasteiger partial charge < -0.3 is 10.0 Å². The van der Waals surface area contributed by atoms with Crippen LogP contribution in [0.3, 0.4) is 0 Å². The van der Waals surface area contributed by atoms with Crippen LogP contribution < -0.4 is 4.90 Å². The smallest absolute Gasteiger partial charge is 0.376 e. The average Bonchev–Trinajstić information content (AvgIpc) is 3.34. The highest BCUT2D eigenvalue weighted by Gasteiger charge is 2.51. The van der Waals surface area contributed by atoms with Crippen molar-refractivity contribution in [2.24, 2.45) is 0 Å². The summed E-state index contributed by atoms with van der Waals surface area (Å²) in [5, 5.41) is 11.7. The standard InChI is InChI=1S/C25H27F3N2O3S2/c1-18-5-3-6-19(15-18)16-22-17-29(35(32,33)23-7-4-14-34-23)12-13-30(22)21-10-8-20(9-11-21)24(2,31)25(26,27)28/h3-11,14-15,22,31H,12-13,16-17H2,1-2H3/t22-,24?/m0/s1. The Kier molecular flexibility index (Phi) is 7.02. The molecule has 10 heteroatoms. The zero-order valence-corrected chi connectivity index (χ0v) is 21.0. The Morgan fingerprint density at radius 1 is 1.06 bits per heavy atom. The average molecular weight is 525 g/mol. The Balaban J connectivity index is 1.64. The lowest BCUT2D eigenvalue weighted by Gasteiger charge is -2.42. The van der Waals surface area contributed by atoms with Crippen molar-refractivity contribution in [3.63, 3.8) is 0 Å². The maximum absolute atomic E-state index is 13.3. The van der Waals surface area contributed by atoms with E-state index in [1.54, 1.807) is 29.6 Å². The van der Waals surface area contributed by atoms with Gasteiger partial charge in [-0.3, -0.25) is 0 Å². The first-order chi connectivity index (χ1) is 16.4. The van der Waals surface area contributed by atoms with Gasteiger partial charge in [0.2, 0.25) is 0 Å². The molecule has 3 aromatic rings. The minimum atomic E-state index is -4.80. The third kappa shape index (κ3) is 5.25. The van der Waals surface area contributed by atoms with Crippen molar-refractivity contribution in [2.45, 2.75) is 42.3 Å². The number of rotatable bonds is 6. The van der Waals surface area contributed by atoms with Crippen LogP contribution in [0.15, 0.2) is 70.3 Å². The zero-order valence-electron chi connectivity index (χ0n) is 19.4. The van der Waals surface area contributed by atoms with Crippen molar-refractivity contribution in [3.05, 3.63) is 82.7 Å². The molecule has 1 aliphatic rings. The molecule has 0 radical (unpaired) electrons. The molecule has 1 aliphatic heterocycles. The van der Waals surface area contributed by atoms with Crippen LogP contribution in [0.25, 0.3) is 0 Å². The molecule has 1 fully saturated rings. The molecule has 35 heavy (non-hydrogen) atoms. The van der Waals surface area contributed by atoms with Crippen molar-refractivity contribution in [1.29, 1.82) is 0 Å². The molecule has 0 aliphatic carbocycles. The van der Waals surface area contributed by atoms with E-state index < -0.39 is 21.8 Å². The fourth-order valence-electron chi connectivity index (χ4n) is 4.35. The van der Waals surface area contributed by atoms with Gasteiger partial charge in [0.15, 0.2) is 5.60 Å². The summed E-state index contributed by atoms with van der Waals surface area (Å²) < 4.78 is 67.9. The lowest BCUT2D eigenvalue weighted by Crippen LogP contribution is -2.55. The molecule has 2 heterocycles. The number of anilines is 1. The second-order valence-electron chi connectivity index (χ2n) is 8.95. The number of hydrogen-bond acceptors (Lipinski definition) is 5. The summed E-state index contributed by atoms with van der Waals surface area (Å²) in [5.74, 6) is 0. The summed E-state index contributed by atoms with van der Waals surface area (Å²) in [6.07, 6.45) is -4.23. The van der Waals surface area contributed by atoms with E-state index in [1.807, 2.05) is 30.0 Å². The fraction of sp³-hybridized carbons (Fsp3) is 0.360. The van der Waals surface area contributed by atoms with Crippen LogP contribution in [0, 0.1) is 6.92 Å². The van der Waals surface area contributed by atoms with Gasteiger partial charge in [-0.05, 0) is 55.0 Å². The van der Waals surface area contributed by atoms with Crippen LogP contribution in [0.1, 0.15) is 23.6 Å². The highest BCUT2D eigenvalue weighted by molar-refractivity contribution is 7.91. The van der Waals surface area contributed by atoms with Gasteiger partial charge in [0.1, 0.15) is 4.21 Å². The number of hydrogen-bond donors (Lipinski definition) is 1. The van der Waals surface area contributed by atoms with Crippen LogP contribution in [-0.2, 0) is 22.0 Å². The van der Waals surface area contributed by atoms with Gasteiger partial charge >= 0.3 is 6.18 Å². The van der Waals surface area contributed by atoms with E-state index in [9.17, 15) is 26.7 Å². The number of sulfonamides is 1. The molecular formula is C25H27F3N2O3S2. The van der Waals surface area contributed by atoms with Gasteiger partial charge in [-0.1, -0.05) is 48.0 Å². The lowest BCUT2D eigenvalue weighted by molar-refractivity contribution is -0.258. The number of thiophene rings is 1. The van der Waals surface area contributed by atoms with E-state index in [0.29, 0.717) is 22.9 Å². The number of aryl methyl sites for hydroxylation is 1. The molecule has 0 saturated carbocycles. The van der Waals surface area contributed by atoms with Gasteiger partial charge in [0.25, 0.3) is 10.0 Å². The SMILES string of the molecule is Cc1cccc(C[C@H]2CN(S(=O)(=O)c3cccs3)CCN2c2ccc(C(C)(O)C(F)(F)F)cc2)c1. The Bertz CT molecular complexity index is 1260. The molecule has 4 rings (SSSR count).